The van der Waals surface area contributed by atoms with Crippen LogP contribution in [0.2, 0.25) is 0 Å². The number of rotatable bonds is 10. The molecule has 0 spiro atoms. The van der Waals surface area contributed by atoms with Gasteiger partial charge >= 0.3 is 0 Å². The summed E-state index contributed by atoms with van der Waals surface area (Å²) < 4.78 is 11.0. The van der Waals surface area contributed by atoms with Gasteiger partial charge in [0.15, 0.2) is 0 Å². The van der Waals surface area contributed by atoms with Gasteiger partial charge in [0.25, 0.3) is 5.91 Å². The van der Waals surface area contributed by atoms with Gasteiger partial charge in [0.05, 0.1) is 13.0 Å². The fraction of sp³-hybridized carbons (Fsp3) is 0.452. The molecule has 1 aromatic carbocycles. The van der Waals surface area contributed by atoms with Crippen molar-refractivity contribution in [2.75, 3.05) is 52.0 Å². The van der Waals surface area contributed by atoms with Crippen LogP contribution in [0.3, 0.4) is 0 Å². The van der Waals surface area contributed by atoms with Crippen molar-refractivity contribution in [3.05, 3.63) is 53.4 Å². The molecule has 2 aromatic heterocycles. The van der Waals surface area contributed by atoms with Crippen LogP contribution in [-0.4, -0.2) is 79.8 Å². The monoisotopic (exact) mass is 577 g/mol. The number of furan rings is 1. The Balaban J connectivity index is 1.60. The Morgan fingerprint density at radius 1 is 1.00 bits per heavy atom. The molecule has 1 aliphatic carbocycles. The third kappa shape index (κ3) is 7.33. The molecular formula is C31H39N5O6. The Labute approximate surface area is 245 Å². The highest BCUT2D eigenvalue weighted by Crippen LogP contribution is 2.35. The van der Waals surface area contributed by atoms with Crippen LogP contribution in [0.4, 0.5) is 11.5 Å². The molecule has 11 nitrogen and oxygen atoms in total. The number of nitrogens with one attached hydrogen (secondary N) is 2. The smallest absolute Gasteiger partial charge is 0.294 e. The molecule has 0 bridgehead atoms. The number of fused-ring (bicyclic) bond motifs is 1. The summed E-state index contributed by atoms with van der Waals surface area (Å²) in [7, 11) is 6.77. The molecule has 0 aliphatic heterocycles. The molecule has 1 fully saturated rings. The Bertz CT molecular complexity index is 1440. The Hall–Kier alpha value is -4.25. The third-order valence-electron chi connectivity index (χ3n) is 7.66. The van der Waals surface area contributed by atoms with Crippen molar-refractivity contribution in [2.45, 2.75) is 39.0 Å². The highest BCUT2D eigenvalue weighted by molar-refractivity contribution is 6.14. The van der Waals surface area contributed by atoms with Crippen LogP contribution in [0.5, 0.6) is 0 Å². The zero-order valence-electron chi connectivity index (χ0n) is 24.9. The van der Waals surface area contributed by atoms with E-state index in [1.807, 2.05) is 13.0 Å². The lowest BCUT2D eigenvalue weighted by Crippen LogP contribution is -2.35. The number of nitrogens with zero attached hydrogens (tertiary/aromatic N) is 3. The fourth-order valence-electron chi connectivity index (χ4n) is 5.11. The molecule has 0 unspecified atom stereocenters. The van der Waals surface area contributed by atoms with Crippen LogP contribution >= 0.6 is 0 Å². The summed E-state index contributed by atoms with van der Waals surface area (Å²) >= 11 is 0. The second-order valence-corrected chi connectivity index (χ2v) is 11.1. The van der Waals surface area contributed by atoms with Crippen LogP contribution in [-0.2, 0) is 25.5 Å². The van der Waals surface area contributed by atoms with Crippen molar-refractivity contribution in [3.63, 3.8) is 0 Å². The van der Waals surface area contributed by atoms with E-state index in [9.17, 15) is 19.2 Å². The second kappa shape index (κ2) is 13.6. The van der Waals surface area contributed by atoms with Crippen molar-refractivity contribution in [1.82, 2.24) is 14.8 Å². The van der Waals surface area contributed by atoms with E-state index in [1.165, 1.54) is 0 Å². The number of likely N-dealkylation sites (N-methyl/N-ethyl adjacent to an activating group) is 1. The molecule has 3 aromatic rings. The van der Waals surface area contributed by atoms with Gasteiger partial charge in [-0.2, -0.15) is 0 Å². The number of hydrogen-bond donors (Lipinski definition) is 2. The maximum Gasteiger partial charge on any atom is 0.294 e. The number of aryl methyl sites for hydroxylation is 1. The molecule has 4 amide bonds. The molecular weight excluding hydrogens is 538 g/mol. The predicted molar refractivity (Wildman–Crippen MR) is 159 cm³/mol. The number of pyridine rings is 1. The highest BCUT2D eigenvalue weighted by Gasteiger charge is 2.32. The van der Waals surface area contributed by atoms with Crippen LogP contribution in [0.1, 0.15) is 47.4 Å². The number of hydrogen-bond acceptors (Lipinski definition) is 7. The van der Waals surface area contributed by atoms with E-state index in [-0.39, 0.29) is 47.4 Å². The van der Waals surface area contributed by atoms with Crippen LogP contribution in [0.25, 0.3) is 11.0 Å². The number of anilines is 2. The summed E-state index contributed by atoms with van der Waals surface area (Å²) in [5.41, 5.74) is 2.30. The zero-order chi connectivity index (χ0) is 30.4. The molecule has 11 heteroatoms. The lowest BCUT2D eigenvalue weighted by atomic mass is 9.81. The minimum Gasteiger partial charge on any atom is -0.449 e. The van der Waals surface area contributed by atoms with Crippen molar-refractivity contribution >= 4 is 46.1 Å². The molecule has 4 rings (SSSR count). The summed E-state index contributed by atoms with van der Waals surface area (Å²) in [6.07, 6.45) is 4.14. The molecule has 2 N–H and O–H groups in total. The molecule has 42 heavy (non-hydrogen) atoms. The SMILES string of the molecule is COCCN(C)C(=O)Cc1ccc2oc(C(=O)Nc3ccc(C)cn3)c(NC(=O)[C@H]3CC[C@H](C(=O)N(C)C)CC3)c2c1. The summed E-state index contributed by atoms with van der Waals surface area (Å²) in [6.45, 7) is 2.79. The first kappa shape index (κ1) is 30.7. The van der Waals surface area contributed by atoms with Crippen LogP contribution in [0, 0.1) is 18.8 Å². The summed E-state index contributed by atoms with van der Waals surface area (Å²) in [6, 6.07) is 8.75. The average Bonchev–Trinajstić information content (AvgIpc) is 3.34. The Morgan fingerprint density at radius 3 is 2.36 bits per heavy atom. The van der Waals surface area contributed by atoms with E-state index in [1.54, 1.807) is 68.5 Å². The van der Waals surface area contributed by atoms with Gasteiger partial charge in [-0.25, -0.2) is 4.98 Å². The van der Waals surface area contributed by atoms with Gasteiger partial charge in [-0.15, -0.1) is 0 Å². The number of ether oxygens (including phenoxy) is 1. The van der Waals surface area contributed by atoms with Gasteiger partial charge in [-0.1, -0.05) is 12.1 Å². The lowest BCUT2D eigenvalue weighted by molar-refractivity contribution is -0.135. The Kier molecular flexibility index (Phi) is 9.95. The minimum atomic E-state index is -0.560. The molecule has 0 atom stereocenters. The normalized spacial score (nSPS) is 16.6. The quantitative estimate of drug-likeness (QED) is 0.374. The van der Waals surface area contributed by atoms with E-state index < -0.39 is 5.91 Å². The van der Waals surface area contributed by atoms with Gasteiger partial charge in [-0.05, 0) is 61.9 Å². The number of amides is 4. The molecule has 1 saturated carbocycles. The van der Waals surface area contributed by atoms with E-state index in [0.717, 1.165) is 5.56 Å². The van der Waals surface area contributed by atoms with E-state index in [0.29, 0.717) is 61.2 Å². The number of methoxy groups -OCH3 is 1. The molecule has 0 radical (unpaired) electrons. The van der Waals surface area contributed by atoms with Crippen molar-refractivity contribution < 1.29 is 28.3 Å². The van der Waals surface area contributed by atoms with Gasteiger partial charge in [0.1, 0.15) is 17.1 Å². The Morgan fingerprint density at radius 2 is 1.71 bits per heavy atom. The van der Waals surface area contributed by atoms with Crippen LogP contribution < -0.4 is 10.6 Å². The second-order valence-electron chi connectivity index (χ2n) is 11.1. The molecule has 0 saturated heterocycles. The summed E-state index contributed by atoms with van der Waals surface area (Å²) in [4.78, 5) is 59.4. The number of aromatic nitrogens is 1. The van der Waals surface area contributed by atoms with E-state index in [2.05, 4.69) is 15.6 Å². The third-order valence-corrected chi connectivity index (χ3v) is 7.66. The number of benzene rings is 1. The van der Waals surface area contributed by atoms with Gasteiger partial charge < -0.3 is 29.6 Å². The topological polar surface area (TPSA) is 134 Å². The number of carbonyl (C=O) groups excluding carboxylic acids is 4. The first-order valence-electron chi connectivity index (χ1n) is 14.1. The van der Waals surface area contributed by atoms with E-state index >= 15 is 0 Å². The minimum absolute atomic E-state index is 0.0575. The summed E-state index contributed by atoms with van der Waals surface area (Å²) in [5.74, 6) is -0.928. The van der Waals surface area contributed by atoms with Gasteiger partial charge in [-0.3, -0.25) is 19.2 Å². The van der Waals surface area contributed by atoms with Crippen LogP contribution in [0.15, 0.2) is 40.9 Å². The zero-order valence-corrected chi connectivity index (χ0v) is 24.9. The maximum absolute atomic E-state index is 13.5. The fourth-order valence-corrected chi connectivity index (χ4v) is 5.11. The van der Waals surface area contributed by atoms with Crippen molar-refractivity contribution in [1.29, 1.82) is 0 Å². The first-order valence-corrected chi connectivity index (χ1v) is 14.1. The van der Waals surface area contributed by atoms with Crippen molar-refractivity contribution in [3.8, 4) is 0 Å². The predicted octanol–water partition coefficient (Wildman–Crippen LogP) is 3.87. The highest BCUT2D eigenvalue weighted by atomic mass is 16.5. The average molecular weight is 578 g/mol. The molecule has 1 aliphatic rings. The molecule has 2 heterocycles. The standard InChI is InChI=1S/C31H39N5O6/c1-19-6-13-25(32-18-19)33-30(39)28-27(34-29(38)21-8-10-22(11-9-21)31(40)35(2)3)23-16-20(7-12-24(23)42-28)17-26(37)36(4)14-15-41-5/h6-7,12-13,16,18,21-22H,8-11,14-15,17H2,1-5H3,(H,34,38)(H,32,33,39)/t21-,22-. The van der Waals surface area contributed by atoms with Gasteiger partial charge in [0, 0.05) is 58.2 Å². The first-order chi connectivity index (χ1) is 20.1. The van der Waals surface area contributed by atoms with E-state index in [4.69, 9.17) is 9.15 Å². The lowest BCUT2D eigenvalue weighted by Gasteiger charge is -2.28. The van der Waals surface area contributed by atoms with Crippen molar-refractivity contribution in [2.24, 2.45) is 11.8 Å². The number of carbonyl (C=O) groups is 4. The molecule has 224 valence electrons. The largest absolute Gasteiger partial charge is 0.449 e. The summed E-state index contributed by atoms with van der Waals surface area (Å²) in [5, 5.41) is 6.22. The maximum atomic E-state index is 13.5. The van der Waals surface area contributed by atoms with Gasteiger partial charge in [0.2, 0.25) is 23.5 Å².